The third-order valence-electron chi connectivity index (χ3n) is 9.15. The standard InChI is InChI=1S/C36H46N2O4/c1-5-38(31-14-18-42-19-15-31)34-23-28(27-6-8-29(9-7-27)37-30-12-16-41-17-13-30)22-33(26(34)4)35(39)11-10-32-25(3)20-24(2)21-36(32)40/h6-9,20-23,30-32,37H,5,10-19H2,1-4H3. The number of benzene rings is 2. The van der Waals surface area contributed by atoms with Crippen molar-refractivity contribution in [2.45, 2.75) is 78.3 Å². The van der Waals surface area contributed by atoms with E-state index in [1.165, 1.54) is 0 Å². The van der Waals surface area contributed by atoms with Crippen LogP contribution in [0.3, 0.4) is 0 Å². The Balaban J connectivity index is 1.44. The Labute approximate surface area is 251 Å². The van der Waals surface area contributed by atoms with Gasteiger partial charge in [-0.25, -0.2) is 0 Å². The van der Waals surface area contributed by atoms with E-state index < -0.39 is 0 Å². The lowest BCUT2D eigenvalue weighted by molar-refractivity contribution is -0.117. The average molecular weight is 571 g/mol. The maximum atomic E-state index is 13.9. The van der Waals surface area contributed by atoms with E-state index in [0.29, 0.717) is 24.9 Å². The Hall–Kier alpha value is -3.22. The molecule has 6 nitrogen and oxygen atoms in total. The van der Waals surface area contributed by atoms with Crippen LogP contribution in [0.1, 0.15) is 75.2 Å². The van der Waals surface area contributed by atoms with Gasteiger partial charge in [0, 0.05) is 74.3 Å². The lowest BCUT2D eigenvalue weighted by Crippen LogP contribution is -2.40. The predicted octanol–water partition coefficient (Wildman–Crippen LogP) is 7.31. The number of Topliss-reactive ketones (excluding diaryl/α,β-unsaturated/α-hetero) is 1. The zero-order valence-electron chi connectivity index (χ0n) is 25.7. The van der Waals surface area contributed by atoms with Crippen molar-refractivity contribution in [3.63, 3.8) is 0 Å². The largest absolute Gasteiger partial charge is 0.382 e. The van der Waals surface area contributed by atoms with Gasteiger partial charge in [0.15, 0.2) is 11.6 Å². The molecule has 224 valence electrons. The first kappa shape index (κ1) is 30.2. The van der Waals surface area contributed by atoms with Crippen LogP contribution in [0.15, 0.2) is 59.7 Å². The van der Waals surface area contributed by atoms with Crippen LogP contribution in [-0.2, 0) is 14.3 Å². The van der Waals surface area contributed by atoms with Gasteiger partial charge in [-0.1, -0.05) is 23.8 Å². The molecule has 3 aliphatic rings. The van der Waals surface area contributed by atoms with Gasteiger partial charge in [0.1, 0.15) is 0 Å². The fraction of sp³-hybridized carbons (Fsp3) is 0.500. The molecule has 2 fully saturated rings. The second-order valence-electron chi connectivity index (χ2n) is 12.1. The zero-order chi connectivity index (χ0) is 29.6. The molecule has 5 rings (SSSR count). The second-order valence-corrected chi connectivity index (χ2v) is 12.1. The summed E-state index contributed by atoms with van der Waals surface area (Å²) in [5, 5.41) is 3.65. The summed E-state index contributed by atoms with van der Waals surface area (Å²) in [6.07, 6.45) is 8.65. The summed E-state index contributed by atoms with van der Waals surface area (Å²) < 4.78 is 11.2. The van der Waals surface area contributed by atoms with Gasteiger partial charge in [0.25, 0.3) is 0 Å². The molecule has 6 heteroatoms. The highest BCUT2D eigenvalue weighted by atomic mass is 16.5. The fourth-order valence-corrected chi connectivity index (χ4v) is 6.74. The number of allylic oxidation sites excluding steroid dienone is 4. The van der Waals surface area contributed by atoms with E-state index in [1.54, 1.807) is 6.08 Å². The highest BCUT2D eigenvalue weighted by molar-refractivity contribution is 6.01. The van der Waals surface area contributed by atoms with Crippen LogP contribution in [0.2, 0.25) is 0 Å². The molecule has 0 bridgehead atoms. The Morgan fingerprint density at radius 1 is 0.905 bits per heavy atom. The maximum Gasteiger partial charge on any atom is 0.163 e. The zero-order valence-corrected chi connectivity index (χ0v) is 25.7. The van der Waals surface area contributed by atoms with Crippen LogP contribution in [0.5, 0.6) is 0 Å². The van der Waals surface area contributed by atoms with Crippen molar-refractivity contribution < 1.29 is 19.1 Å². The number of ether oxygens (including phenoxy) is 2. The van der Waals surface area contributed by atoms with Crippen LogP contribution >= 0.6 is 0 Å². The van der Waals surface area contributed by atoms with E-state index in [1.807, 2.05) is 13.8 Å². The Morgan fingerprint density at radius 3 is 2.21 bits per heavy atom. The number of carbonyl (C=O) groups excluding carboxylic acids is 2. The van der Waals surface area contributed by atoms with E-state index in [9.17, 15) is 9.59 Å². The Bertz CT molecular complexity index is 1330. The number of hydrogen-bond donors (Lipinski definition) is 1. The normalized spacial score (nSPS) is 20.2. The topological polar surface area (TPSA) is 67.9 Å². The first-order valence-corrected chi connectivity index (χ1v) is 15.7. The minimum absolute atomic E-state index is 0.100. The third-order valence-corrected chi connectivity index (χ3v) is 9.15. The maximum absolute atomic E-state index is 13.9. The summed E-state index contributed by atoms with van der Waals surface area (Å²) in [7, 11) is 0. The first-order chi connectivity index (χ1) is 20.3. The molecule has 2 aromatic carbocycles. The molecule has 0 amide bonds. The second kappa shape index (κ2) is 13.8. The third kappa shape index (κ3) is 7.04. The van der Waals surface area contributed by atoms with E-state index >= 15 is 0 Å². The van der Waals surface area contributed by atoms with Gasteiger partial charge in [-0.2, -0.15) is 0 Å². The molecule has 1 aliphatic carbocycles. The minimum Gasteiger partial charge on any atom is -0.382 e. The van der Waals surface area contributed by atoms with Crippen LogP contribution in [-0.4, -0.2) is 56.6 Å². The van der Waals surface area contributed by atoms with Crippen LogP contribution in [0, 0.1) is 12.8 Å². The summed E-state index contributed by atoms with van der Waals surface area (Å²) in [6, 6.07) is 13.7. The minimum atomic E-state index is -0.217. The van der Waals surface area contributed by atoms with E-state index in [4.69, 9.17) is 9.47 Å². The van der Waals surface area contributed by atoms with Crippen molar-refractivity contribution in [3.05, 3.63) is 70.8 Å². The highest BCUT2D eigenvalue weighted by Gasteiger charge is 2.27. The van der Waals surface area contributed by atoms with Gasteiger partial charge in [-0.15, -0.1) is 0 Å². The lowest BCUT2D eigenvalue weighted by Gasteiger charge is -2.37. The molecule has 42 heavy (non-hydrogen) atoms. The molecule has 0 radical (unpaired) electrons. The van der Waals surface area contributed by atoms with Crippen molar-refractivity contribution >= 4 is 22.9 Å². The first-order valence-electron chi connectivity index (χ1n) is 15.7. The van der Waals surface area contributed by atoms with Gasteiger partial charge in [-0.3, -0.25) is 9.59 Å². The monoisotopic (exact) mass is 570 g/mol. The summed E-state index contributed by atoms with van der Waals surface area (Å²) in [6.45, 7) is 12.2. The van der Waals surface area contributed by atoms with E-state index in [2.05, 4.69) is 66.5 Å². The van der Waals surface area contributed by atoms with Crippen molar-refractivity contribution in [1.82, 2.24) is 0 Å². The molecule has 2 heterocycles. The van der Waals surface area contributed by atoms with Gasteiger partial charge < -0.3 is 19.7 Å². The molecule has 2 saturated heterocycles. The number of carbonyl (C=O) groups is 2. The van der Waals surface area contributed by atoms with E-state index in [-0.39, 0.29) is 17.5 Å². The van der Waals surface area contributed by atoms with Gasteiger partial charge >= 0.3 is 0 Å². The summed E-state index contributed by atoms with van der Waals surface area (Å²) >= 11 is 0. The molecule has 2 aromatic rings. The number of nitrogens with one attached hydrogen (secondary N) is 1. The Morgan fingerprint density at radius 2 is 1.57 bits per heavy atom. The molecule has 1 atom stereocenters. The average Bonchev–Trinajstić information content (AvgIpc) is 2.99. The van der Waals surface area contributed by atoms with Crippen LogP contribution < -0.4 is 10.2 Å². The van der Waals surface area contributed by atoms with Crippen molar-refractivity contribution in [1.29, 1.82) is 0 Å². The predicted molar refractivity (Wildman–Crippen MR) is 171 cm³/mol. The smallest absolute Gasteiger partial charge is 0.163 e. The fourth-order valence-electron chi connectivity index (χ4n) is 6.74. The van der Waals surface area contributed by atoms with Crippen LogP contribution in [0.25, 0.3) is 11.1 Å². The van der Waals surface area contributed by atoms with E-state index in [0.717, 1.165) is 103 Å². The number of rotatable bonds is 10. The Kier molecular flexibility index (Phi) is 9.96. The van der Waals surface area contributed by atoms with Crippen LogP contribution in [0.4, 0.5) is 11.4 Å². The lowest BCUT2D eigenvalue weighted by atomic mass is 9.84. The molecule has 1 unspecified atom stereocenters. The molecule has 0 spiro atoms. The summed E-state index contributed by atoms with van der Waals surface area (Å²) in [5.74, 6) is -0.00772. The van der Waals surface area contributed by atoms with Crippen molar-refractivity contribution in [2.75, 3.05) is 43.2 Å². The molecule has 0 aromatic heterocycles. The number of nitrogens with zero attached hydrogens (tertiary/aromatic N) is 1. The number of hydrogen-bond acceptors (Lipinski definition) is 6. The molecule has 2 aliphatic heterocycles. The van der Waals surface area contributed by atoms with Gasteiger partial charge in [-0.05, 0) is 112 Å². The SMILES string of the molecule is CCN(c1cc(-c2ccc(NC3CCOCC3)cc2)cc(C(=O)CCC2C(=O)C=C(C)C=C2C)c1C)C1CCOCC1. The quantitative estimate of drug-likeness (QED) is 0.302. The number of ketones is 2. The van der Waals surface area contributed by atoms with Crippen molar-refractivity contribution in [3.8, 4) is 11.1 Å². The summed E-state index contributed by atoms with van der Waals surface area (Å²) in [4.78, 5) is 29.1. The van der Waals surface area contributed by atoms with Gasteiger partial charge in [0.2, 0.25) is 0 Å². The number of anilines is 2. The molecular formula is C36H46N2O4. The molecular weight excluding hydrogens is 524 g/mol. The highest BCUT2D eigenvalue weighted by Crippen LogP contribution is 2.35. The summed E-state index contributed by atoms with van der Waals surface area (Å²) in [5.41, 5.74) is 8.18. The van der Waals surface area contributed by atoms with Crippen molar-refractivity contribution in [2.24, 2.45) is 5.92 Å². The molecule has 0 saturated carbocycles. The van der Waals surface area contributed by atoms with Gasteiger partial charge in [0.05, 0.1) is 0 Å². The molecule has 1 N–H and O–H groups in total.